The summed E-state index contributed by atoms with van der Waals surface area (Å²) < 4.78 is 24.9. The summed E-state index contributed by atoms with van der Waals surface area (Å²) in [4.78, 5) is 15.3. The minimum Gasteiger partial charge on any atom is -0.486 e. The molecule has 0 bridgehead atoms. The number of benzene rings is 2. The highest BCUT2D eigenvalue weighted by Gasteiger charge is 2.15. The molecule has 0 unspecified atom stereocenters. The second-order valence-electron chi connectivity index (χ2n) is 5.56. The number of fused-ring (bicyclic) bond motifs is 2. The molecule has 0 saturated heterocycles. The molecular weight excluding hydrogens is 311 g/mol. The number of amides is 1. The van der Waals surface area contributed by atoms with Crippen LogP contribution in [-0.4, -0.2) is 24.1 Å². The van der Waals surface area contributed by atoms with E-state index in [1.54, 1.807) is 36.5 Å². The number of aromatic amines is 1. The Morgan fingerprint density at radius 3 is 2.88 bits per heavy atom. The lowest BCUT2D eigenvalue weighted by Crippen LogP contribution is -2.17. The Kier molecular flexibility index (Phi) is 3.57. The molecule has 5 nitrogen and oxygen atoms in total. The molecule has 1 aliphatic heterocycles. The lowest BCUT2D eigenvalue weighted by Gasteiger charge is -2.19. The number of aromatic nitrogens is 1. The largest absolute Gasteiger partial charge is 0.486 e. The van der Waals surface area contributed by atoms with Crippen molar-refractivity contribution in [1.82, 2.24) is 4.98 Å². The summed E-state index contributed by atoms with van der Waals surface area (Å²) in [5.41, 5.74) is 1.92. The van der Waals surface area contributed by atoms with E-state index in [0.29, 0.717) is 46.9 Å². The molecule has 2 N–H and O–H groups in total. The van der Waals surface area contributed by atoms with Crippen LogP contribution in [0.3, 0.4) is 0 Å². The molecule has 0 radical (unpaired) electrons. The third-order valence-electron chi connectivity index (χ3n) is 3.91. The number of H-pyrrole nitrogens is 1. The van der Waals surface area contributed by atoms with Gasteiger partial charge in [0, 0.05) is 28.9 Å². The van der Waals surface area contributed by atoms with E-state index in [-0.39, 0.29) is 18.1 Å². The molecule has 3 aromatic rings. The van der Waals surface area contributed by atoms with Gasteiger partial charge in [0.2, 0.25) is 5.91 Å². The summed E-state index contributed by atoms with van der Waals surface area (Å²) >= 11 is 0. The van der Waals surface area contributed by atoms with Crippen LogP contribution in [0.1, 0.15) is 5.56 Å². The molecule has 0 saturated carbocycles. The summed E-state index contributed by atoms with van der Waals surface area (Å²) in [5.74, 6) is 0.710. The smallest absolute Gasteiger partial charge is 0.228 e. The van der Waals surface area contributed by atoms with Crippen LogP contribution in [0.2, 0.25) is 0 Å². The maximum atomic E-state index is 14.0. The van der Waals surface area contributed by atoms with Crippen LogP contribution in [0.5, 0.6) is 11.5 Å². The summed E-state index contributed by atoms with van der Waals surface area (Å²) in [6, 6.07) is 10.0. The second kappa shape index (κ2) is 5.88. The van der Waals surface area contributed by atoms with Crippen molar-refractivity contribution in [2.45, 2.75) is 6.42 Å². The fraction of sp³-hybridized carbons (Fsp3) is 0.167. The monoisotopic (exact) mass is 326 g/mol. The van der Waals surface area contributed by atoms with Crippen molar-refractivity contribution in [3.8, 4) is 11.5 Å². The molecule has 2 aromatic carbocycles. The molecule has 0 fully saturated rings. The highest BCUT2D eigenvalue weighted by atomic mass is 19.1. The lowest BCUT2D eigenvalue weighted by molar-refractivity contribution is -0.115. The SMILES string of the molecule is O=C(Cc1c[nH]c2cccc(F)c12)Nc1ccc2c(c1)OCCO2. The maximum Gasteiger partial charge on any atom is 0.228 e. The molecule has 1 aliphatic rings. The zero-order valence-electron chi connectivity index (χ0n) is 12.8. The number of carbonyl (C=O) groups is 1. The molecule has 6 heteroatoms. The van der Waals surface area contributed by atoms with Gasteiger partial charge in [0.1, 0.15) is 19.0 Å². The van der Waals surface area contributed by atoms with Crippen molar-refractivity contribution in [3.63, 3.8) is 0 Å². The van der Waals surface area contributed by atoms with Crippen molar-refractivity contribution in [2.24, 2.45) is 0 Å². The zero-order chi connectivity index (χ0) is 16.5. The van der Waals surface area contributed by atoms with Gasteiger partial charge < -0.3 is 19.8 Å². The van der Waals surface area contributed by atoms with Gasteiger partial charge in [-0.3, -0.25) is 4.79 Å². The van der Waals surface area contributed by atoms with Gasteiger partial charge in [0.05, 0.1) is 6.42 Å². The van der Waals surface area contributed by atoms with Crippen LogP contribution < -0.4 is 14.8 Å². The van der Waals surface area contributed by atoms with E-state index in [1.165, 1.54) is 6.07 Å². The Morgan fingerprint density at radius 2 is 2.00 bits per heavy atom. The minimum atomic E-state index is -0.337. The molecular formula is C18H15FN2O3. The van der Waals surface area contributed by atoms with Crippen LogP contribution in [0.25, 0.3) is 10.9 Å². The Hall–Kier alpha value is -3.02. The van der Waals surface area contributed by atoms with E-state index in [1.807, 2.05) is 0 Å². The average molecular weight is 326 g/mol. The highest BCUT2D eigenvalue weighted by molar-refractivity contribution is 5.96. The number of hydrogen-bond acceptors (Lipinski definition) is 3. The topological polar surface area (TPSA) is 63.4 Å². The van der Waals surface area contributed by atoms with Crippen molar-refractivity contribution >= 4 is 22.5 Å². The van der Waals surface area contributed by atoms with Gasteiger partial charge >= 0.3 is 0 Å². The van der Waals surface area contributed by atoms with Gasteiger partial charge in [0.25, 0.3) is 0 Å². The molecule has 0 aliphatic carbocycles. The van der Waals surface area contributed by atoms with E-state index in [2.05, 4.69) is 10.3 Å². The van der Waals surface area contributed by atoms with Crippen molar-refractivity contribution in [3.05, 3.63) is 54.0 Å². The molecule has 24 heavy (non-hydrogen) atoms. The molecule has 2 heterocycles. The maximum absolute atomic E-state index is 14.0. The number of anilines is 1. The Morgan fingerprint density at radius 1 is 1.17 bits per heavy atom. The molecule has 122 valence electrons. The van der Waals surface area contributed by atoms with Gasteiger partial charge in [-0.2, -0.15) is 0 Å². The van der Waals surface area contributed by atoms with Gasteiger partial charge in [-0.1, -0.05) is 6.07 Å². The Bertz CT molecular complexity index is 920. The fourth-order valence-electron chi connectivity index (χ4n) is 2.85. The first-order valence-corrected chi connectivity index (χ1v) is 7.65. The van der Waals surface area contributed by atoms with E-state index in [0.717, 1.165) is 0 Å². The number of nitrogens with one attached hydrogen (secondary N) is 2. The van der Waals surface area contributed by atoms with Gasteiger partial charge in [-0.15, -0.1) is 0 Å². The van der Waals surface area contributed by atoms with Crippen LogP contribution in [0, 0.1) is 5.82 Å². The molecule has 0 atom stereocenters. The Balaban J connectivity index is 1.52. The number of carbonyl (C=O) groups excluding carboxylic acids is 1. The normalized spacial score (nSPS) is 13.0. The van der Waals surface area contributed by atoms with E-state index in [9.17, 15) is 9.18 Å². The first-order chi connectivity index (χ1) is 11.7. The van der Waals surface area contributed by atoms with Crippen LogP contribution in [0.4, 0.5) is 10.1 Å². The Labute approximate surface area is 137 Å². The average Bonchev–Trinajstić information content (AvgIpc) is 2.99. The van der Waals surface area contributed by atoms with Crippen LogP contribution >= 0.6 is 0 Å². The first kappa shape index (κ1) is 14.6. The number of halogens is 1. The van der Waals surface area contributed by atoms with E-state index >= 15 is 0 Å². The number of rotatable bonds is 3. The van der Waals surface area contributed by atoms with Crippen molar-refractivity contribution in [1.29, 1.82) is 0 Å². The molecule has 4 rings (SSSR count). The molecule has 1 aromatic heterocycles. The number of ether oxygens (including phenoxy) is 2. The second-order valence-corrected chi connectivity index (χ2v) is 5.56. The zero-order valence-corrected chi connectivity index (χ0v) is 12.8. The third-order valence-corrected chi connectivity index (χ3v) is 3.91. The van der Waals surface area contributed by atoms with E-state index < -0.39 is 0 Å². The quantitative estimate of drug-likeness (QED) is 0.776. The standard InChI is InChI=1S/C18H15FN2O3/c19-13-2-1-3-14-18(13)11(10-20-14)8-17(22)21-12-4-5-15-16(9-12)24-7-6-23-15/h1-5,9-10,20H,6-8H2,(H,21,22). The van der Waals surface area contributed by atoms with Gasteiger partial charge in [-0.25, -0.2) is 4.39 Å². The van der Waals surface area contributed by atoms with Crippen LogP contribution in [-0.2, 0) is 11.2 Å². The van der Waals surface area contributed by atoms with Gasteiger partial charge in [-0.05, 0) is 29.8 Å². The summed E-state index contributed by atoms with van der Waals surface area (Å²) in [5, 5.41) is 3.26. The molecule has 0 spiro atoms. The number of hydrogen-bond donors (Lipinski definition) is 2. The highest BCUT2D eigenvalue weighted by Crippen LogP contribution is 2.32. The van der Waals surface area contributed by atoms with E-state index in [4.69, 9.17) is 9.47 Å². The fourth-order valence-corrected chi connectivity index (χ4v) is 2.85. The van der Waals surface area contributed by atoms with Crippen LogP contribution in [0.15, 0.2) is 42.6 Å². The summed E-state index contributed by atoms with van der Waals surface area (Å²) in [7, 11) is 0. The van der Waals surface area contributed by atoms with Crippen molar-refractivity contribution < 1.29 is 18.7 Å². The van der Waals surface area contributed by atoms with Crippen molar-refractivity contribution in [2.75, 3.05) is 18.5 Å². The minimum absolute atomic E-state index is 0.0787. The summed E-state index contributed by atoms with van der Waals surface area (Å²) in [6.07, 6.45) is 1.74. The molecule has 1 amide bonds. The predicted molar refractivity (Wildman–Crippen MR) is 88.0 cm³/mol. The third kappa shape index (κ3) is 2.67. The lowest BCUT2D eigenvalue weighted by atomic mass is 10.1. The predicted octanol–water partition coefficient (Wildman–Crippen LogP) is 3.26. The first-order valence-electron chi connectivity index (χ1n) is 7.65. The van der Waals surface area contributed by atoms with Gasteiger partial charge in [0.15, 0.2) is 11.5 Å². The summed E-state index contributed by atoms with van der Waals surface area (Å²) in [6.45, 7) is 1.00.